The summed E-state index contributed by atoms with van der Waals surface area (Å²) in [4.78, 5) is 7.30. The fourth-order valence-electron chi connectivity index (χ4n) is 2.20. The average Bonchev–Trinajstić information content (AvgIpc) is 2.60. The summed E-state index contributed by atoms with van der Waals surface area (Å²) in [7, 11) is 0. The molecule has 0 unspecified atom stereocenters. The quantitative estimate of drug-likeness (QED) is 0.865. The van der Waals surface area contributed by atoms with Crippen molar-refractivity contribution in [2.24, 2.45) is 0 Å². The first-order valence-electron chi connectivity index (χ1n) is 6.42. The molecule has 3 N–H and O–H groups in total. The Morgan fingerprint density at radius 2 is 2.05 bits per heavy atom. The molecule has 2 aromatic rings. The van der Waals surface area contributed by atoms with Crippen LogP contribution in [0.25, 0.3) is 0 Å². The van der Waals surface area contributed by atoms with E-state index in [4.69, 9.17) is 15.2 Å². The number of hydrogen-bond donors (Lipinski definition) is 2. The van der Waals surface area contributed by atoms with Crippen molar-refractivity contribution in [3.8, 4) is 11.5 Å². The molecule has 5 heteroatoms. The van der Waals surface area contributed by atoms with Gasteiger partial charge in [0.15, 0.2) is 17.4 Å². The van der Waals surface area contributed by atoms with Gasteiger partial charge in [-0.3, -0.25) is 0 Å². The molecular weight excluding hydrogens is 242 g/mol. The summed E-state index contributed by atoms with van der Waals surface area (Å²) in [6, 6.07) is 6.02. The molecule has 1 aromatic carbocycles. The highest BCUT2D eigenvalue weighted by molar-refractivity contribution is 5.44. The maximum Gasteiger partial charge on any atom is 0.197 e. The van der Waals surface area contributed by atoms with E-state index in [0.29, 0.717) is 19.2 Å². The number of rotatable bonds is 2. The van der Waals surface area contributed by atoms with E-state index in [1.807, 2.05) is 25.1 Å². The molecule has 0 fully saturated rings. The molecule has 3 rings (SSSR count). The van der Waals surface area contributed by atoms with Gasteiger partial charge in [0.1, 0.15) is 0 Å². The minimum absolute atomic E-state index is 0.460. The number of imidazole rings is 1. The lowest BCUT2D eigenvalue weighted by Gasteiger charge is -2.08. The molecule has 1 aromatic heterocycles. The number of fused-ring (bicyclic) bond motifs is 1. The number of hydrogen-bond acceptors (Lipinski definition) is 4. The van der Waals surface area contributed by atoms with E-state index in [1.165, 1.54) is 0 Å². The molecular formula is C14H17N3O2. The fraction of sp³-hybridized carbons (Fsp3) is 0.357. The van der Waals surface area contributed by atoms with Gasteiger partial charge < -0.3 is 20.2 Å². The third-order valence-electron chi connectivity index (χ3n) is 3.19. The van der Waals surface area contributed by atoms with Crippen molar-refractivity contribution in [1.29, 1.82) is 0 Å². The Morgan fingerprint density at radius 3 is 2.79 bits per heavy atom. The van der Waals surface area contributed by atoms with Crippen LogP contribution in [0.2, 0.25) is 0 Å². The monoisotopic (exact) mass is 259 g/mol. The van der Waals surface area contributed by atoms with Crippen LogP contribution in [0.15, 0.2) is 18.2 Å². The van der Waals surface area contributed by atoms with Crippen LogP contribution in [0.1, 0.15) is 23.4 Å². The predicted octanol–water partition coefficient (Wildman–Crippen LogP) is 2.05. The Balaban J connectivity index is 1.86. The van der Waals surface area contributed by atoms with Crippen LogP contribution < -0.4 is 15.2 Å². The molecule has 0 atom stereocenters. The highest BCUT2D eigenvalue weighted by atomic mass is 16.5. The summed E-state index contributed by atoms with van der Waals surface area (Å²) in [6.07, 6.45) is 1.65. The number of aromatic nitrogens is 2. The molecule has 2 heterocycles. The maximum atomic E-state index is 5.68. The van der Waals surface area contributed by atoms with Gasteiger partial charge >= 0.3 is 0 Å². The molecule has 0 spiro atoms. The number of anilines is 1. The number of nitrogens with two attached hydrogens (primary N) is 1. The lowest BCUT2D eigenvalue weighted by molar-refractivity contribution is 0.297. The van der Waals surface area contributed by atoms with E-state index in [1.54, 1.807) is 0 Å². The maximum absolute atomic E-state index is 5.68. The topological polar surface area (TPSA) is 73.2 Å². The second kappa shape index (κ2) is 4.84. The van der Waals surface area contributed by atoms with Crippen molar-refractivity contribution in [3.63, 3.8) is 0 Å². The number of aryl methyl sites for hydroxylation is 1. The standard InChI is InChI=1S/C14H17N3O2/c1-9-11(17-14(15)16-9)7-10-3-4-12-13(8-10)19-6-2-5-18-12/h3-4,8H,2,5-7H2,1H3,(H3,15,16,17). The zero-order valence-electron chi connectivity index (χ0n) is 10.9. The molecule has 1 aliphatic rings. The number of nitrogens with zero attached hydrogens (tertiary/aromatic N) is 1. The Kier molecular flexibility index (Phi) is 3.03. The number of aromatic amines is 1. The van der Waals surface area contributed by atoms with E-state index in [9.17, 15) is 0 Å². The molecule has 0 bridgehead atoms. The second-order valence-electron chi connectivity index (χ2n) is 4.70. The highest BCUT2D eigenvalue weighted by Crippen LogP contribution is 2.31. The number of nitrogens with one attached hydrogen (secondary N) is 1. The van der Waals surface area contributed by atoms with Crippen LogP contribution in [-0.4, -0.2) is 23.2 Å². The smallest absolute Gasteiger partial charge is 0.197 e. The summed E-state index contributed by atoms with van der Waals surface area (Å²) in [5.41, 5.74) is 8.76. The van der Waals surface area contributed by atoms with Crippen LogP contribution in [-0.2, 0) is 6.42 Å². The number of ether oxygens (including phenoxy) is 2. The second-order valence-corrected chi connectivity index (χ2v) is 4.70. The molecule has 0 saturated carbocycles. The zero-order valence-corrected chi connectivity index (χ0v) is 10.9. The van der Waals surface area contributed by atoms with Gasteiger partial charge in [-0.25, -0.2) is 4.98 Å². The van der Waals surface area contributed by atoms with Gasteiger partial charge in [0.25, 0.3) is 0 Å². The van der Waals surface area contributed by atoms with Gasteiger partial charge in [-0.1, -0.05) is 6.07 Å². The molecule has 1 aliphatic heterocycles. The molecule has 0 aliphatic carbocycles. The summed E-state index contributed by atoms with van der Waals surface area (Å²) in [5.74, 6) is 2.09. The van der Waals surface area contributed by atoms with Gasteiger partial charge in [-0.15, -0.1) is 0 Å². The molecule has 19 heavy (non-hydrogen) atoms. The number of benzene rings is 1. The molecule has 0 radical (unpaired) electrons. The summed E-state index contributed by atoms with van der Waals surface area (Å²) in [5, 5.41) is 0. The van der Waals surface area contributed by atoms with Crippen molar-refractivity contribution in [1.82, 2.24) is 9.97 Å². The van der Waals surface area contributed by atoms with Crippen LogP contribution >= 0.6 is 0 Å². The Morgan fingerprint density at radius 1 is 1.26 bits per heavy atom. The fourth-order valence-corrected chi connectivity index (χ4v) is 2.20. The van der Waals surface area contributed by atoms with E-state index in [0.717, 1.165) is 41.3 Å². The normalized spacial score (nSPS) is 14.2. The zero-order chi connectivity index (χ0) is 13.2. The third-order valence-corrected chi connectivity index (χ3v) is 3.19. The summed E-state index contributed by atoms with van der Waals surface area (Å²) in [6.45, 7) is 3.38. The molecule has 5 nitrogen and oxygen atoms in total. The van der Waals surface area contributed by atoms with Crippen molar-refractivity contribution in [2.75, 3.05) is 18.9 Å². The molecule has 0 saturated heterocycles. The Bertz CT molecular complexity index is 592. The molecule has 100 valence electrons. The van der Waals surface area contributed by atoms with Crippen LogP contribution in [0.4, 0.5) is 5.95 Å². The minimum atomic E-state index is 0.460. The lowest BCUT2D eigenvalue weighted by atomic mass is 10.1. The highest BCUT2D eigenvalue weighted by Gasteiger charge is 2.12. The lowest BCUT2D eigenvalue weighted by Crippen LogP contribution is -1.97. The van der Waals surface area contributed by atoms with Gasteiger partial charge in [0.2, 0.25) is 0 Å². The van der Waals surface area contributed by atoms with Crippen LogP contribution in [0, 0.1) is 6.92 Å². The van der Waals surface area contributed by atoms with E-state index >= 15 is 0 Å². The summed E-state index contributed by atoms with van der Waals surface area (Å²) < 4.78 is 11.3. The van der Waals surface area contributed by atoms with E-state index in [2.05, 4.69) is 9.97 Å². The van der Waals surface area contributed by atoms with E-state index in [-0.39, 0.29) is 0 Å². The van der Waals surface area contributed by atoms with E-state index < -0.39 is 0 Å². The van der Waals surface area contributed by atoms with Crippen molar-refractivity contribution in [2.45, 2.75) is 19.8 Å². The van der Waals surface area contributed by atoms with Gasteiger partial charge in [0.05, 0.1) is 18.9 Å². The minimum Gasteiger partial charge on any atom is -0.490 e. The largest absolute Gasteiger partial charge is 0.490 e. The van der Waals surface area contributed by atoms with Crippen molar-refractivity contribution >= 4 is 5.95 Å². The van der Waals surface area contributed by atoms with Crippen LogP contribution in [0.5, 0.6) is 11.5 Å². The van der Waals surface area contributed by atoms with Gasteiger partial charge in [0, 0.05) is 18.5 Å². The first-order valence-corrected chi connectivity index (χ1v) is 6.42. The predicted molar refractivity (Wildman–Crippen MR) is 72.6 cm³/mol. The van der Waals surface area contributed by atoms with Crippen LogP contribution in [0.3, 0.4) is 0 Å². The average molecular weight is 259 g/mol. The third kappa shape index (κ3) is 2.50. The number of H-pyrrole nitrogens is 1. The van der Waals surface area contributed by atoms with Gasteiger partial charge in [-0.2, -0.15) is 0 Å². The van der Waals surface area contributed by atoms with Gasteiger partial charge in [-0.05, 0) is 24.6 Å². The van der Waals surface area contributed by atoms with Crippen molar-refractivity contribution < 1.29 is 9.47 Å². The Labute approximate surface area is 111 Å². The SMILES string of the molecule is Cc1[nH]c(N)nc1Cc1ccc2c(c1)OCCCO2. The first-order chi connectivity index (χ1) is 9.22. The summed E-state index contributed by atoms with van der Waals surface area (Å²) >= 11 is 0. The van der Waals surface area contributed by atoms with Crippen molar-refractivity contribution in [3.05, 3.63) is 35.2 Å². The Hall–Kier alpha value is -2.17. The first kappa shape index (κ1) is 11.9. The molecule has 0 amide bonds. The number of nitrogen functional groups attached to an aromatic ring is 1.